The van der Waals surface area contributed by atoms with Crippen LogP contribution in [-0.4, -0.2) is 24.7 Å². The van der Waals surface area contributed by atoms with Gasteiger partial charge in [0.15, 0.2) is 0 Å². The fourth-order valence-electron chi connectivity index (χ4n) is 2.67. The molecule has 1 aliphatic heterocycles. The molecule has 0 atom stereocenters. The second kappa shape index (κ2) is 6.70. The summed E-state index contributed by atoms with van der Waals surface area (Å²) < 4.78 is 46.1. The second-order valence-corrected chi connectivity index (χ2v) is 5.52. The molecule has 0 aromatic heterocycles. The molecule has 0 saturated heterocycles. The highest BCUT2D eigenvalue weighted by atomic mass is 19.4. The van der Waals surface area contributed by atoms with Crippen molar-refractivity contribution < 1.29 is 32.2 Å². The van der Waals surface area contributed by atoms with Gasteiger partial charge < -0.3 is 14.4 Å². The summed E-state index contributed by atoms with van der Waals surface area (Å²) in [5.74, 6) is -1.52. The Bertz CT molecular complexity index is 847. The number of ketones is 1. The van der Waals surface area contributed by atoms with Gasteiger partial charge in [-0.3, -0.25) is 9.59 Å². The SMILES string of the molecule is CCOc1ccc(CN2C(=O)C(=O)c3cc(OC(F)(F)F)ccc32)cc1. The van der Waals surface area contributed by atoms with Crippen LogP contribution in [0, 0.1) is 0 Å². The number of hydrogen-bond donors (Lipinski definition) is 0. The number of fused-ring (bicyclic) bond motifs is 1. The third-order valence-electron chi connectivity index (χ3n) is 3.75. The number of carbonyl (C=O) groups excluding carboxylic acids is 2. The average Bonchev–Trinajstić information content (AvgIpc) is 2.80. The van der Waals surface area contributed by atoms with Gasteiger partial charge in [-0.15, -0.1) is 13.2 Å². The van der Waals surface area contributed by atoms with Crippen LogP contribution in [0.2, 0.25) is 0 Å². The predicted octanol–water partition coefficient (Wildman–Crippen LogP) is 3.71. The highest BCUT2D eigenvalue weighted by Crippen LogP contribution is 2.35. The van der Waals surface area contributed by atoms with Crippen LogP contribution in [-0.2, 0) is 11.3 Å². The molecule has 2 aromatic carbocycles. The number of rotatable bonds is 5. The van der Waals surface area contributed by atoms with Crippen LogP contribution in [0.3, 0.4) is 0 Å². The fraction of sp³-hybridized carbons (Fsp3) is 0.222. The molecule has 5 nitrogen and oxygen atoms in total. The largest absolute Gasteiger partial charge is 0.573 e. The predicted molar refractivity (Wildman–Crippen MR) is 86.3 cm³/mol. The Labute approximate surface area is 146 Å². The molecule has 1 aliphatic rings. The minimum atomic E-state index is -4.87. The lowest BCUT2D eigenvalue weighted by Gasteiger charge is -2.17. The third-order valence-corrected chi connectivity index (χ3v) is 3.75. The number of nitrogens with zero attached hydrogens (tertiary/aromatic N) is 1. The Morgan fingerprint density at radius 2 is 1.65 bits per heavy atom. The quantitative estimate of drug-likeness (QED) is 0.758. The summed E-state index contributed by atoms with van der Waals surface area (Å²) in [5.41, 5.74) is 0.893. The van der Waals surface area contributed by atoms with Gasteiger partial charge in [-0.1, -0.05) is 12.1 Å². The van der Waals surface area contributed by atoms with Crippen LogP contribution in [0.1, 0.15) is 22.8 Å². The summed E-state index contributed by atoms with van der Waals surface area (Å²) in [7, 11) is 0. The van der Waals surface area contributed by atoms with Crippen molar-refractivity contribution in [3.05, 3.63) is 53.6 Å². The van der Waals surface area contributed by atoms with Crippen LogP contribution < -0.4 is 14.4 Å². The molecule has 0 saturated carbocycles. The summed E-state index contributed by atoms with van der Waals surface area (Å²) in [6.07, 6.45) is -4.87. The van der Waals surface area contributed by atoms with E-state index in [0.29, 0.717) is 12.4 Å². The van der Waals surface area contributed by atoms with Crippen molar-refractivity contribution in [3.8, 4) is 11.5 Å². The molecule has 1 heterocycles. The van der Waals surface area contributed by atoms with Gasteiger partial charge in [-0.25, -0.2) is 0 Å². The number of ether oxygens (including phenoxy) is 2. The number of carbonyl (C=O) groups is 2. The van der Waals surface area contributed by atoms with Crippen LogP contribution in [0.25, 0.3) is 0 Å². The van der Waals surface area contributed by atoms with Gasteiger partial charge in [0, 0.05) is 0 Å². The molecule has 0 spiro atoms. The van der Waals surface area contributed by atoms with Crippen LogP contribution in [0.15, 0.2) is 42.5 Å². The highest BCUT2D eigenvalue weighted by Gasteiger charge is 2.37. The lowest BCUT2D eigenvalue weighted by Crippen LogP contribution is -2.29. The van der Waals surface area contributed by atoms with Gasteiger partial charge in [-0.05, 0) is 42.8 Å². The van der Waals surface area contributed by atoms with Crippen molar-refractivity contribution in [1.29, 1.82) is 0 Å². The number of anilines is 1. The van der Waals surface area contributed by atoms with E-state index in [-0.39, 0.29) is 17.8 Å². The zero-order chi connectivity index (χ0) is 18.9. The van der Waals surface area contributed by atoms with Crippen LogP contribution in [0.5, 0.6) is 11.5 Å². The molecular weight excluding hydrogens is 351 g/mol. The fourth-order valence-corrected chi connectivity index (χ4v) is 2.67. The highest BCUT2D eigenvalue weighted by molar-refractivity contribution is 6.52. The van der Waals surface area contributed by atoms with Crippen LogP contribution >= 0.6 is 0 Å². The summed E-state index contributed by atoms with van der Waals surface area (Å²) in [4.78, 5) is 25.6. The summed E-state index contributed by atoms with van der Waals surface area (Å²) in [6.45, 7) is 2.49. The Hall–Kier alpha value is -3.03. The summed E-state index contributed by atoms with van der Waals surface area (Å²) >= 11 is 0. The van der Waals surface area contributed by atoms with E-state index in [9.17, 15) is 22.8 Å². The Morgan fingerprint density at radius 1 is 1.00 bits per heavy atom. The van der Waals surface area contributed by atoms with E-state index in [1.165, 1.54) is 11.0 Å². The first-order valence-corrected chi connectivity index (χ1v) is 7.76. The van der Waals surface area contributed by atoms with Crippen molar-refractivity contribution in [2.24, 2.45) is 0 Å². The van der Waals surface area contributed by atoms with Crippen molar-refractivity contribution >= 4 is 17.4 Å². The molecule has 0 unspecified atom stereocenters. The van der Waals surface area contributed by atoms with Crippen molar-refractivity contribution in [3.63, 3.8) is 0 Å². The maximum absolute atomic E-state index is 12.3. The van der Waals surface area contributed by atoms with E-state index in [1.807, 2.05) is 6.92 Å². The van der Waals surface area contributed by atoms with Crippen molar-refractivity contribution in [1.82, 2.24) is 0 Å². The lowest BCUT2D eigenvalue weighted by atomic mass is 10.1. The minimum Gasteiger partial charge on any atom is -0.494 e. The first kappa shape index (κ1) is 17.8. The Kier molecular flexibility index (Phi) is 4.58. The zero-order valence-corrected chi connectivity index (χ0v) is 13.7. The molecule has 1 amide bonds. The molecule has 0 bridgehead atoms. The van der Waals surface area contributed by atoms with Crippen molar-refractivity contribution in [2.75, 3.05) is 11.5 Å². The molecule has 3 rings (SSSR count). The number of Topliss-reactive ketones (excluding diaryl/α,β-unsaturated/α-hetero) is 1. The zero-order valence-electron chi connectivity index (χ0n) is 13.7. The maximum atomic E-state index is 12.3. The molecular formula is C18H14F3NO4. The monoisotopic (exact) mass is 365 g/mol. The van der Waals surface area contributed by atoms with Gasteiger partial charge in [0.2, 0.25) is 0 Å². The molecule has 0 fully saturated rings. The Balaban J connectivity index is 1.84. The first-order valence-electron chi connectivity index (χ1n) is 7.76. The molecule has 0 radical (unpaired) electrons. The maximum Gasteiger partial charge on any atom is 0.573 e. The standard InChI is InChI=1S/C18H14F3NO4/c1-2-25-12-5-3-11(4-6-12)10-22-15-8-7-13(26-18(19,20)21)9-14(15)16(23)17(22)24/h3-9H,2,10H2,1H3. The first-order chi connectivity index (χ1) is 12.3. The Morgan fingerprint density at radius 3 is 2.27 bits per heavy atom. The van der Waals surface area contributed by atoms with Gasteiger partial charge in [0.25, 0.3) is 11.7 Å². The number of benzene rings is 2. The number of hydrogen-bond acceptors (Lipinski definition) is 4. The molecule has 2 aromatic rings. The lowest BCUT2D eigenvalue weighted by molar-refractivity contribution is -0.274. The summed E-state index contributed by atoms with van der Waals surface area (Å²) in [6, 6.07) is 10.3. The molecule has 0 aliphatic carbocycles. The topological polar surface area (TPSA) is 55.8 Å². The van der Waals surface area contributed by atoms with E-state index < -0.39 is 23.8 Å². The normalized spacial score (nSPS) is 13.8. The second-order valence-electron chi connectivity index (χ2n) is 5.52. The third kappa shape index (κ3) is 3.63. The van der Waals surface area contributed by atoms with E-state index in [0.717, 1.165) is 17.7 Å². The molecule has 8 heteroatoms. The minimum absolute atomic E-state index is 0.109. The number of amides is 1. The molecule has 136 valence electrons. The summed E-state index contributed by atoms with van der Waals surface area (Å²) in [5, 5.41) is 0. The van der Waals surface area contributed by atoms with E-state index in [1.54, 1.807) is 24.3 Å². The van der Waals surface area contributed by atoms with Crippen molar-refractivity contribution in [2.45, 2.75) is 19.8 Å². The average molecular weight is 365 g/mol. The van der Waals surface area contributed by atoms with E-state index in [2.05, 4.69) is 4.74 Å². The number of alkyl halides is 3. The molecule has 26 heavy (non-hydrogen) atoms. The molecule has 0 N–H and O–H groups in total. The van der Waals surface area contributed by atoms with Gasteiger partial charge >= 0.3 is 6.36 Å². The van der Waals surface area contributed by atoms with E-state index in [4.69, 9.17) is 4.74 Å². The van der Waals surface area contributed by atoms with Gasteiger partial charge in [0.1, 0.15) is 11.5 Å². The number of halogens is 3. The van der Waals surface area contributed by atoms with Crippen LogP contribution in [0.4, 0.5) is 18.9 Å². The van der Waals surface area contributed by atoms with Gasteiger partial charge in [-0.2, -0.15) is 0 Å². The van der Waals surface area contributed by atoms with E-state index >= 15 is 0 Å². The van der Waals surface area contributed by atoms with Gasteiger partial charge in [0.05, 0.1) is 24.4 Å². The smallest absolute Gasteiger partial charge is 0.494 e.